The van der Waals surface area contributed by atoms with Gasteiger partial charge in [-0.2, -0.15) is 0 Å². The van der Waals surface area contributed by atoms with Crippen molar-refractivity contribution in [3.8, 4) is 0 Å². The van der Waals surface area contributed by atoms with Crippen LogP contribution in [0.4, 0.5) is 0 Å². The average molecular weight is 480 g/mol. The molecule has 2 rings (SSSR count). The van der Waals surface area contributed by atoms with Crippen LogP contribution in [0.1, 0.15) is 27.1 Å². The molecule has 0 N–H and O–H groups in total. The molecule has 18 heavy (non-hydrogen) atoms. The molecule has 2 aromatic carbocycles. The summed E-state index contributed by atoms with van der Waals surface area (Å²) in [6.07, 6.45) is 0. The highest BCUT2D eigenvalue weighted by Gasteiger charge is 2.16. The fourth-order valence-electron chi connectivity index (χ4n) is 1.91. The molecular weight excluding hydrogens is 467 g/mol. The number of aryl methyl sites for hydroxylation is 2. The Morgan fingerprint density at radius 1 is 1.00 bits per heavy atom. The Kier molecular flexibility index (Phi) is 4.89. The van der Waals surface area contributed by atoms with Gasteiger partial charge in [-0.15, -0.1) is 0 Å². The van der Waals surface area contributed by atoms with Gasteiger partial charge in [-0.1, -0.05) is 55.6 Å². The van der Waals surface area contributed by atoms with E-state index in [-0.39, 0.29) is 4.83 Å². The zero-order valence-corrected chi connectivity index (χ0v) is 15.5. The third kappa shape index (κ3) is 3.17. The number of hydrogen-bond donors (Lipinski definition) is 0. The Hall–Kier alpha value is 0.130. The van der Waals surface area contributed by atoms with Crippen molar-refractivity contribution in [3.63, 3.8) is 0 Å². The number of alkyl halides is 1. The molecule has 94 valence electrons. The second kappa shape index (κ2) is 6.06. The molecule has 0 heterocycles. The lowest BCUT2D eigenvalue weighted by atomic mass is 9.98. The third-order valence-corrected chi connectivity index (χ3v) is 5.40. The van der Waals surface area contributed by atoms with Gasteiger partial charge in [0.15, 0.2) is 0 Å². The van der Waals surface area contributed by atoms with Crippen molar-refractivity contribution in [2.45, 2.75) is 18.7 Å². The molecule has 0 saturated carbocycles. The first-order valence-corrected chi connectivity index (χ1v) is 8.44. The van der Waals surface area contributed by atoms with Gasteiger partial charge in [0, 0.05) is 8.04 Å². The maximum atomic E-state index is 3.84. The quantitative estimate of drug-likeness (QED) is 0.358. The van der Waals surface area contributed by atoms with Crippen LogP contribution in [0, 0.1) is 17.4 Å². The van der Waals surface area contributed by atoms with Crippen molar-refractivity contribution in [1.29, 1.82) is 0 Å². The summed E-state index contributed by atoms with van der Waals surface area (Å²) in [5.74, 6) is 0. The summed E-state index contributed by atoms with van der Waals surface area (Å²) >= 11 is 9.77. The number of halogens is 3. The van der Waals surface area contributed by atoms with Crippen molar-refractivity contribution in [1.82, 2.24) is 0 Å². The SMILES string of the molecule is Cc1ccc(C)c(C(Br)c2cc(Br)ccc2I)c1. The summed E-state index contributed by atoms with van der Waals surface area (Å²) < 4.78 is 2.39. The highest BCUT2D eigenvalue weighted by Crippen LogP contribution is 2.36. The first-order chi connectivity index (χ1) is 8.49. The smallest absolute Gasteiger partial charge is 0.0657 e. The molecule has 1 unspecified atom stereocenters. The molecule has 0 spiro atoms. The topological polar surface area (TPSA) is 0 Å². The molecule has 0 aliphatic carbocycles. The van der Waals surface area contributed by atoms with Crippen LogP contribution in [0.2, 0.25) is 0 Å². The molecule has 0 aromatic heterocycles. The van der Waals surface area contributed by atoms with E-state index in [1.165, 1.54) is 25.8 Å². The van der Waals surface area contributed by atoms with Gasteiger partial charge in [0.05, 0.1) is 4.83 Å². The molecule has 0 aliphatic rings. The van der Waals surface area contributed by atoms with Crippen LogP contribution in [0.15, 0.2) is 40.9 Å². The van der Waals surface area contributed by atoms with Crippen LogP contribution in [0.3, 0.4) is 0 Å². The van der Waals surface area contributed by atoms with Crippen molar-refractivity contribution >= 4 is 54.5 Å². The molecule has 3 heteroatoms. The van der Waals surface area contributed by atoms with Gasteiger partial charge >= 0.3 is 0 Å². The van der Waals surface area contributed by atoms with Crippen molar-refractivity contribution < 1.29 is 0 Å². The van der Waals surface area contributed by atoms with Crippen LogP contribution in [0.5, 0.6) is 0 Å². The van der Waals surface area contributed by atoms with E-state index >= 15 is 0 Å². The van der Waals surface area contributed by atoms with Crippen LogP contribution >= 0.6 is 54.5 Å². The number of rotatable bonds is 2. The average Bonchev–Trinajstić information content (AvgIpc) is 2.34. The molecule has 2 aromatic rings. The van der Waals surface area contributed by atoms with Crippen LogP contribution in [0.25, 0.3) is 0 Å². The van der Waals surface area contributed by atoms with Crippen molar-refractivity contribution in [2.75, 3.05) is 0 Å². The molecule has 0 radical (unpaired) electrons. The molecule has 0 bridgehead atoms. The molecule has 0 amide bonds. The number of benzene rings is 2. The van der Waals surface area contributed by atoms with Crippen molar-refractivity contribution in [2.24, 2.45) is 0 Å². The number of hydrogen-bond acceptors (Lipinski definition) is 0. The zero-order valence-electron chi connectivity index (χ0n) is 10.2. The van der Waals surface area contributed by atoms with Gasteiger partial charge < -0.3 is 0 Å². The van der Waals surface area contributed by atoms with E-state index in [0.717, 1.165) is 4.47 Å². The summed E-state index contributed by atoms with van der Waals surface area (Å²) in [5.41, 5.74) is 5.26. The Morgan fingerprint density at radius 3 is 2.44 bits per heavy atom. The summed E-state index contributed by atoms with van der Waals surface area (Å²) in [7, 11) is 0. The van der Waals surface area contributed by atoms with E-state index in [1.54, 1.807) is 0 Å². The van der Waals surface area contributed by atoms with Gasteiger partial charge in [0.2, 0.25) is 0 Å². The van der Waals surface area contributed by atoms with Gasteiger partial charge in [-0.3, -0.25) is 0 Å². The fraction of sp³-hybridized carbons (Fsp3) is 0.200. The highest BCUT2D eigenvalue weighted by molar-refractivity contribution is 14.1. The highest BCUT2D eigenvalue weighted by atomic mass is 127. The minimum Gasteiger partial charge on any atom is -0.0786 e. The molecule has 0 saturated heterocycles. The van der Waals surface area contributed by atoms with E-state index in [9.17, 15) is 0 Å². The third-order valence-electron chi connectivity index (χ3n) is 2.94. The maximum Gasteiger partial charge on any atom is 0.0657 e. The van der Waals surface area contributed by atoms with E-state index in [2.05, 4.69) is 105 Å². The Labute approximate surface area is 139 Å². The minimum atomic E-state index is 0.238. The predicted octanol–water partition coefficient (Wildman–Crippen LogP) is 6.15. The molecular formula is C15H13Br2I. The standard InChI is InChI=1S/C15H13Br2I/c1-9-3-4-10(2)12(7-9)15(17)13-8-11(16)5-6-14(13)18/h3-8,15H,1-2H3. The summed E-state index contributed by atoms with van der Waals surface area (Å²) in [6, 6.07) is 13.0. The largest absolute Gasteiger partial charge is 0.0786 e. The van der Waals surface area contributed by atoms with Crippen LogP contribution in [-0.4, -0.2) is 0 Å². The minimum absolute atomic E-state index is 0.238. The van der Waals surface area contributed by atoms with Crippen LogP contribution < -0.4 is 0 Å². The van der Waals surface area contributed by atoms with Crippen LogP contribution in [-0.2, 0) is 0 Å². The van der Waals surface area contributed by atoms with Gasteiger partial charge in [-0.25, -0.2) is 0 Å². The van der Waals surface area contributed by atoms with Gasteiger partial charge in [0.25, 0.3) is 0 Å². The van der Waals surface area contributed by atoms with E-state index in [4.69, 9.17) is 0 Å². The normalized spacial score (nSPS) is 12.5. The lowest BCUT2D eigenvalue weighted by molar-refractivity contribution is 1.12. The first kappa shape index (κ1) is 14.5. The van der Waals surface area contributed by atoms with Gasteiger partial charge in [-0.05, 0) is 71.3 Å². The zero-order chi connectivity index (χ0) is 13.3. The van der Waals surface area contributed by atoms with Crippen molar-refractivity contribution in [3.05, 3.63) is 66.7 Å². The Bertz CT molecular complexity index is 527. The molecule has 1 atom stereocenters. The first-order valence-electron chi connectivity index (χ1n) is 5.65. The van der Waals surface area contributed by atoms with E-state index < -0.39 is 0 Å². The molecule has 0 aliphatic heterocycles. The lowest BCUT2D eigenvalue weighted by Crippen LogP contribution is -1.99. The van der Waals surface area contributed by atoms with E-state index in [1.807, 2.05) is 0 Å². The molecule has 0 nitrogen and oxygen atoms in total. The second-order valence-corrected chi connectivity index (χ2v) is 7.38. The predicted molar refractivity (Wildman–Crippen MR) is 93.5 cm³/mol. The lowest BCUT2D eigenvalue weighted by Gasteiger charge is -2.16. The Balaban J connectivity index is 2.50. The van der Waals surface area contributed by atoms with E-state index in [0.29, 0.717) is 0 Å². The maximum absolute atomic E-state index is 3.84. The summed E-state index contributed by atoms with van der Waals surface area (Å²) in [4.78, 5) is 0.238. The summed E-state index contributed by atoms with van der Waals surface area (Å²) in [6.45, 7) is 4.29. The second-order valence-electron chi connectivity index (χ2n) is 4.39. The molecule has 0 fully saturated rings. The van der Waals surface area contributed by atoms with Gasteiger partial charge in [0.1, 0.15) is 0 Å². The monoisotopic (exact) mass is 478 g/mol. The Morgan fingerprint density at radius 2 is 1.72 bits per heavy atom. The fourth-order valence-corrected chi connectivity index (χ4v) is 4.24. The summed E-state index contributed by atoms with van der Waals surface area (Å²) in [5, 5.41) is 0.